The number of aryl methyl sites for hydroxylation is 1. The van der Waals surface area contributed by atoms with E-state index in [0.29, 0.717) is 23.5 Å². The molecule has 0 bridgehead atoms. The van der Waals surface area contributed by atoms with Crippen LogP contribution in [0.25, 0.3) is 0 Å². The summed E-state index contributed by atoms with van der Waals surface area (Å²) >= 11 is 1.52. The molecule has 2 amide bonds. The molecule has 3 heterocycles. The van der Waals surface area contributed by atoms with Crippen LogP contribution in [0.5, 0.6) is 0 Å². The average Bonchev–Trinajstić information content (AvgIpc) is 3.34. The maximum absolute atomic E-state index is 13.5. The molecule has 158 valence electrons. The van der Waals surface area contributed by atoms with Crippen molar-refractivity contribution >= 4 is 34.8 Å². The van der Waals surface area contributed by atoms with Gasteiger partial charge in [-0.05, 0) is 24.5 Å². The number of esters is 1. The molecule has 1 aromatic carbocycles. The van der Waals surface area contributed by atoms with Crippen LogP contribution in [0.1, 0.15) is 54.7 Å². The highest BCUT2D eigenvalue weighted by atomic mass is 32.1. The van der Waals surface area contributed by atoms with Crippen molar-refractivity contribution in [2.75, 3.05) is 11.4 Å². The first-order valence-electron chi connectivity index (χ1n) is 10.2. The summed E-state index contributed by atoms with van der Waals surface area (Å²) in [6.45, 7) is 6.35. The molecule has 0 N–H and O–H groups in total. The second kappa shape index (κ2) is 7.83. The summed E-state index contributed by atoms with van der Waals surface area (Å²) < 4.78 is 5.67. The van der Waals surface area contributed by atoms with Gasteiger partial charge in [0.05, 0.1) is 22.0 Å². The van der Waals surface area contributed by atoms with Gasteiger partial charge in [0.15, 0.2) is 0 Å². The fraction of sp³-hybridized carbons (Fsp3) is 0.455. The SMILES string of the molecule is CCc1nc(COC(=O)C23CCC(=O)N2c2ccccc2C(=O)N3CC(C)C)cs1. The number of rotatable bonds is 6. The Morgan fingerprint density at radius 3 is 2.77 bits per heavy atom. The lowest BCUT2D eigenvalue weighted by molar-refractivity contribution is -0.159. The summed E-state index contributed by atoms with van der Waals surface area (Å²) in [4.78, 5) is 47.3. The van der Waals surface area contributed by atoms with Crippen LogP contribution in [0.15, 0.2) is 29.6 Å². The monoisotopic (exact) mass is 427 g/mol. The Balaban J connectivity index is 1.73. The van der Waals surface area contributed by atoms with E-state index in [2.05, 4.69) is 4.98 Å². The molecule has 2 aromatic rings. The Hall–Kier alpha value is -2.74. The van der Waals surface area contributed by atoms with Crippen LogP contribution in [0.3, 0.4) is 0 Å². The number of fused-ring (bicyclic) bond motifs is 3. The van der Waals surface area contributed by atoms with Crippen molar-refractivity contribution in [3.63, 3.8) is 0 Å². The van der Waals surface area contributed by atoms with E-state index in [0.717, 1.165) is 11.4 Å². The number of nitrogens with zero attached hydrogens (tertiary/aromatic N) is 3. The summed E-state index contributed by atoms with van der Waals surface area (Å²) in [5, 5.41) is 2.84. The first-order chi connectivity index (χ1) is 14.4. The standard InChI is InChI=1S/C22H25N3O4S/c1-4-18-23-15(13-30-18)12-29-21(28)22-10-9-19(26)25(22)17-8-6-5-7-16(17)20(27)24(22)11-14(2)3/h5-8,13-14H,4,9-12H2,1-3H3. The highest BCUT2D eigenvalue weighted by Crippen LogP contribution is 2.45. The molecule has 2 aliphatic heterocycles. The third kappa shape index (κ3) is 3.19. The minimum absolute atomic E-state index is 0.0183. The summed E-state index contributed by atoms with van der Waals surface area (Å²) in [5.41, 5.74) is 0.138. The molecule has 0 radical (unpaired) electrons. The Kier molecular flexibility index (Phi) is 5.36. The molecule has 1 fully saturated rings. The van der Waals surface area contributed by atoms with Gasteiger partial charge in [0.25, 0.3) is 5.91 Å². The second-order valence-corrected chi connectivity index (χ2v) is 8.98. The molecule has 4 rings (SSSR count). The molecule has 2 aliphatic rings. The number of hydrogen-bond acceptors (Lipinski definition) is 6. The summed E-state index contributed by atoms with van der Waals surface area (Å²) in [6.07, 6.45) is 1.22. The second-order valence-electron chi connectivity index (χ2n) is 8.03. The number of aromatic nitrogens is 1. The van der Waals surface area contributed by atoms with E-state index in [1.807, 2.05) is 26.2 Å². The number of amides is 2. The first kappa shape index (κ1) is 20.5. The van der Waals surface area contributed by atoms with E-state index in [1.165, 1.54) is 21.1 Å². The van der Waals surface area contributed by atoms with Gasteiger partial charge in [-0.25, -0.2) is 9.78 Å². The lowest BCUT2D eigenvalue weighted by Crippen LogP contribution is -2.69. The molecule has 0 spiro atoms. The van der Waals surface area contributed by atoms with Gasteiger partial charge < -0.3 is 9.64 Å². The minimum Gasteiger partial charge on any atom is -0.456 e. The Labute approximate surface area is 179 Å². The zero-order valence-electron chi connectivity index (χ0n) is 17.4. The maximum Gasteiger partial charge on any atom is 0.354 e. The summed E-state index contributed by atoms with van der Waals surface area (Å²) in [6, 6.07) is 6.96. The maximum atomic E-state index is 13.5. The number of para-hydroxylation sites is 1. The number of thiazole rings is 1. The van der Waals surface area contributed by atoms with Gasteiger partial charge in [-0.1, -0.05) is 32.9 Å². The number of carbonyl (C=O) groups is 3. The van der Waals surface area contributed by atoms with Gasteiger partial charge in [-0.2, -0.15) is 0 Å². The molecule has 1 saturated heterocycles. The summed E-state index contributed by atoms with van der Waals surface area (Å²) in [5.74, 6) is -0.887. The number of anilines is 1. The lowest BCUT2D eigenvalue weighted by atomic mass is 9.95. The molecule has 7 nitrogen and oxygen atoms in total. The molecule has 30 heavy (non-hydrogen) atoms. The quantitative estimate of drug-likeness (QED) is 0.661. The van der Waals surface area contributed by atoms with Crippen LogP contribution < -0.4 is 4.90 Å². The number of carbonyl (C=O) groups excluding carboxylic acids is 3. The van der Waals surface area contributed by atoms with Crippen molar-refractivity contribution < 1.29 is 19.1 Å². The first-order valence-corrected chi connectivity index (χ1v) is 11.1. The molecular formula is C22H25N3O4S. The van der Waals surface area contributed by atoms with Crippen LogP contribution >= 0.6 is 11.3 Å². The topological polar surface area (TPSA) is 79.8 Å². The van der Waals surface area contributed by atoms with Crippen molar-refractivity contribution in [3.05, 3.63) is 45.9 Å². The van der Waals surface area contributed by atoms with Crippen molar-refractivity contribution in [3.8, 4) is 0 Å². The predicted octanol–water partition coefficient (Wildman–Crippen LogP) is 3.38. The molecule has 1 atom stereocenters. The smallest absolute Gasteiger partial charge is 0.354 e. The molecule has 1 unspecified atom stereocenters. The van der Waals surface area contributed by atoms with E-state index >= 15 is 0 Å². The van der Waals surface area contributed by atoms with E-state index in [-0.39, 0.29) is 37.2 Å². The van der Waals surface area contributed by atoms with E-state index in [4.69, 9.17) is 4.74 Å². The number of benzene rings is 1. The van der Waals surface area contributed by atoms with E-state index in [1.54, 1.807) is 24.3 Å². The van der Waals surface area contributed by atoms with Gasteiger partial charge in [0, 0.05) is 24.8 Å². The van der Waals surface area contributed by atoms with Crippen molar-refractivity contribution in [1.82, 2.24) is 9.88 Å². The van der Waals surface area contributed by atoms with E-state index < -0.39 is 11.6 Å². The molecule has 0 saturated carbocycles. The largest absolute Gasteiger partial charge is 0.456 e. The predicted molar refractivity (Wildman–Crippen MR) is 113 cm³/mol. The fourth-order valence-electron chi connectivity index (χ4n) is 4.20. The zero-order chi connectivity index (χ0) is 21.5. The average molecular weight is 428 g/mol. The molecule has 8 heteroatoms. The minimum atomic E-state index is -1.45. The van der Waals surface area contributed by atoms with Gasteiger partial charge in [0.1, 0.15) is 6.61 Å². The van der Waals surface area contributed by atoms with Gasteiger partial charge in [0.2, 0.25) is 11.6 Å². The fourth-order valence-corrected chi connectivity index (χ4v) is 4.93. The van der Waals surface area contributed by atoms with Gasteiger partial charge in [-0.3, -0.25) is 14.5 Å². The van der Waals surface area contributed by atoms with Gasteiger partial charge >= 0.3 is 5.97 Å². The Morgan fingerprint density at radius 1 is 1.30 bits per heavy atom. The Morgan fingerprint density at radius 2 is 2.07 bits per heavy atom. The number of ether oxygens (including phenoxy) is 1. The lowest BCUT2D eigenvalue weighted by Gasteiger charge is -2.48. The van der Waals surface area contributed by atoms with Gasteiger partial charge in [-0.15, -0.1) is 11.3 Å². The third-order valence-corrected chi connectivity index (χ3v) is 6.54. The van der Waals surface area contributed by atoms with Crippen LogP contribution in [-0.2, 0) is 27.4 Å². The highest BCUT2D eigenvalue weighted by molar-refractivity contribution is 7.09. The molecule has 1 aromatic heterocycles. The zero-order valence-corrected chi connectivity index (χ0v) is 18.2. The third-order valence-electron chi connectivity index (χ3n) is 5.50. The molecule has 0 aliphatic carbocycles. The van der Waals surface area contributed by atoms with Crippen molar-refractivity contribution in [2.24, 2.45) is 5.92 Å². The molecular weight excluding hydrogens is 402 g/mol. The van der Waals surface area contributed by atoms with Crippen LogP contribution in [0.2, 0.25) is 0 Å². The van der Waals surface area contributed by atoms with Crippen LogP contribution in [-0.4, -0.2) is 39.9 Å². The number of hydrogen-bond donors (Lipinski definition) is 0. The van der Waals surface area contributed by atoms with Crippen LogP contribution in [0.4, 0.5) is 5.69 Å². The van der Waals surface area contributed by atoms with Crippen LogP contribution in [0, 0.1) is 5.92 Å². The van der Waals surface area contributed by atoms with E-state index in [9.17, 15) is 14.4 Å². The summed E-state index contributed by atoms with van der Waals surface area (Å²) in [7, 11) is 0. The normalized spacial score (nSPS) is 20.5. The van der Waals surface area contributed by atoms with Crippen molar-refractivity contribution in [2.45, 2.75) is 52.3 Å². The Bertz CT molecular complexity index is 1000. The van der Waals surface area contributed by atoms with Crippen molar-refractivity contribution in [1.29, 1.82) is 0 Å². The highest BCUT2D eigenvalue weighted by Gasteiger charge is 2.61.